The van der Waals surface area contributed by atoms with E-state index in [0.717, 1.165) is 11.1 Å². The molecule has 0 aromatic heterocycles. The van der Waals surface area contributed by atoms with Gasteiger partial charge in [-0.3, -0.25) is 0 Å². The summed E-state index contributed by atoms with van der Waals surface area (Å²) in [4.78, 5) is 11.7. The van der Waals surface area contributed by atoms with E-state index in [4.69, 9.17) is 10.5 Å². The maximum Gasteiger partial charge on any atom is 0.315 e. The molecule has 0 spiro atoms. The van der Waals surface area contributed by atoms with Crippen molar-refractivity contribution in [1.82, 2.24) is 10.6 Å². The van der Waals surface area contributed by atoms with Gasteiger partial charge in [-0.15, -0.1) is 0 Å². The number of methoxy groups -OCH3 is 1. The molecule has 0 radical (unpaired) electrons. The van der Waals surface area contributed by atoms with Crippen molar-refractivity contribution in [2.75, 3.05) is 12.8 Å². The minimum atomic E-state index is -0.215. The zero-order valence-electron chi connectivity index (χ0n) is 11.9. The third-order valence-corrected chi connectivity index (χ3v) is 3.04. The zero-order valence-corrected chi connectivity index (χ0v) is 11.9. The first-order valence-electron chi connectivity index (χ1n) is 6.67. The summed E-state index contributed by atoms with van der Waals surface area (Å²) in [5, 5.41) is 5.59. The molecule has 0 heterocycles. The molecule has 4 N–H and O–H groups in total. The average Bonchev–Trinajstić information content (AvgIpc) is 2.52. The number of hydrogen-bond acceptors (Lipinski definition) is 3. The molecule has 0 saturated carbocycles. The summed E-state index contributed by atoms with van der Waals surface area (Å²) in [5.74, 6) is 0.632. The van der Waals surface area contributed by atoms with Crippen molar-refractivity contribution < 1.29 is 9.53 Å². The van der Waals surface area contributed by atoms with Gasteiger partial charge in [0.05, 0.1) is 12.8 Å². The maximum absolute atomic E-state index is 11.7. The first-order chi connectivity index (χ1) is 10.2. The van der Waals surface area contributed by atoms with Crippen LogP contribution in [0.3, 0.4) is 0 Å². The molecular formula is C16H19N3O2. The Labute approximate surface area is 124 Å². The summed E-state index contributed by atoms with van der Waals surface area (Å²) in [6, 6.07) is 15.0. The Bertz CT molecular complexity index is 600. The van der Waals surface area contributed by atoms with Gasteiger partial charge in [0.15, 0.2) is 0 Å². The van der Waals surface area contributed by atoms with Crippen LogP contribution in [0.5, 0.6) is 5.75 Å². The van der Waals surface area contributed by atoms with Crippen LogP contribution in [0.4, 0.5) is 10.5 Å². The topological polar surface area (TPSA) is 76.4 Å². The molecule has 110 valence electrons. The molecule has 0 saturated heterocycles. The third kappa shape index (κ3) is 4.42. The lowest BCUT2D eigenvalue weighted by Crippen LogP contribution is -2.34. The van der Waals surface area contributed by atoms with Crippen LogP contribution in [0.25, 0.3) is 0 Å². The van der Waals surface area contributed by atoms with Gasteiger partial charge in [-0.05, 0) is 23.3 Å². The van der Waals surface area contributed by atoms with Crippen LogP contribution in [0.1, 0.15) is 11.1 Å². The summed E-state index contributed by atoms with van der Waals surface area (Å²) in [7, 11) is 1.57. The fourth-order valence-electron chi connectivity index (χ4n) is 1.92. The number of hydrogen-bond donors (Lipinski definition) is 3. The summed E-state index contributed by atoms with van der Waals surface area (Å²) >= 11 is 0. The number of urea groups is 1. The van der Waals surface area contributed by atoms with Gasteiger partial charge in [0.1, 0.15) is 5.75 Å². The van der Waals surface area contributed by atoms with Crippen LogP contribution in [0.15, 0.2) is 48.5 Å². The number of carbonyl (C=O) groups excluding carboxylic acids is 1. The summed E-state index contributed by atoms with van der Waals surface area (Å²) in [6.45, 7) is 0.909. The van der Waals surface area contributed by atoms with E-state index >= 15 is 0 Å². The molecule has 0 aliphatic carbocycles. The number of benzene rings is 2. The van der Waals surface area contributed by atoms with Gasteiger partial charge in [-0.25, -0.2) is 4.79 Å². The van der Waals surface area contributed by atoms with Gasteiger partial charge in [-0.2, -0.15) is 0 Å². The summed E-state index contributed by atoms with van der Waals surface area (Å²) in [6.07, 6.45) is 0. The van der Waals surface area contributed by atoms with Crippen molar-refractivity contribution >= 4 is 11.7 Å². The highest BCUT2D eigenvalue weighted by Crippen LogP contribution is 2.21. The van der Waals surface area contributed by atoms with Crippen LogP contribution >= 0.6 is 0 Å². The first kappa shape index (κ1) is 14.7. The van der Waals surface area contributed by atoms with Crippen LogP contribution in [-0.2, 0) is 13.1 Å². The predicted molar refractivity (Wildman–Crippen MR) is 82.9 cm³/mol. The quantitative estimate of drug-likeness (QED) is 0.738. The van der Waals surface area contributed by atoms with E-state index in [9.17, 15) is 4.79 Å². The van der Waals surface area contributed by atoms with Crippen molar-refractivity contribution in [1.29, 1.82) is 0 Å². The van der Waals surface area contributed by atoms with Crippen LogP contribution in [0.2, 0.25) is 0 Å². The van der Waals surface area contributed by atoms with Crippen molar-refractivity contribution in [2.45, 2.75) is 13.1 Å². The average molecular weight is 285 g/mol. The van der Waals surface area contributed by atoms with Crippen molar-refractivity contribution in [3.05, 3.63) is 59.7 Å². The maximum atomic E-state index is 11.7. The fourth-order valence-corrected chi connectivity index (χ4v) is 1.92. The normalized spacial score (nSPS) is 9.95. The minimum Gasteiger partial charge on any atom is -0.495 e. The summed E-state index contributed by atoms with van der Waals surface area (Å²) < 4.78 is 5.09. The molecular weight excluding hydrogens is 266 g/mol. The Kier molecular flexibility index (Phi) is 5.04. The number of carbonyl (C=O) groups is 1. The smallest absolute Gasteiger partial charge is 0.315 e. The second-order valence-corrected chi connectivity index (χ2v) is 4.60. The predicted octanol–water partition coefficient (Wildman–Crippen LogP) is 2.28. The number of nitrogen functional groups attached to an aromatic ring is 1. The molecule has 0 bridgehead atoms. The lowest BCUT2D eigenvalue weighted by molar-refractivity contribution is 0.240. The largest absolute Gasteiger partial charge is 0.495 e. The van der Waals surface area contributed by atoms with Gasteiger partial charge in [-0.1, -0.05) is 36.4 Å². The van der Waals surface area contributed by atoms with Gasteiger partial charge < -0.3 is 21.1 Å². The lowest BCUT2D eigenvalue weighted by Gasteiger charge is -2.09. The van der Waals surface area contributed by atoms with Crippen molar-refractivity contribution in [2.24, 2.45) is 0 Å². The second kappa shape index (κ2) is 7.19. The SMILES string of the molecule is COc1ccc(CNC(=O)NCc2ccccc2)cc1N. The summed E-state index contributed by atoms with van der Waals surface area (Å²) in [5.41, 5.74) is 8.35. The van der Waals surface area contributed by atoms with E-state index < -0.39 is 0 Å². The van der Waals surface area contributed by atoms with E-state index in [-0.39, 0.29) is 6.03 Å². The molecule has 2 rings (SSSR count). The fraction of sp³-hybridized carbons (Fsp3) is 0.188. The third-order valence-electron chi connectivity index (χ3n) is 3.04. The molecule has 21 heavy (non-hydrogen) atoms. The Morgan fingerprint density at radius 1 is 1.05 bits per heavy atom. The van der Waals surface area contributed by atoms with E-state index in [1.807, 2.05) is 36.4 Å². The second-order valence-electron chi connectivity index (χ2n) is 4.60. The molecule has 0 fully saturated rings. The molecule has 0 aliphatic rings. The van der Waals surface area contributed by atoms with Gasteiger partial charge >= 0.3 is 6.03 Å². The Balaban J connectivity index is 1.80. The van der Waals surface area contributed by atoms with Gasteiger partial charge in [0, 0.05) is 13.1 Å². The van der Waals surface area contributed by atoms with Gasteiger partial charge in [0.25, 0.3) is 0 Å². The van der Waals surface area contributed by atoms with Gasteiger partial charge in [0.2, 0.25) is 0 Å². The van der Waals surface area contributed by atoms with Crippen LogP contribution in [0, 0.1) is 0 Å². The Morgan fingerprint density at radius 3 is 2.33 bits per heavy atom. The number of anilines is 1. The van der Waals surface area contributed by atoms with E-state index in [1.165, 1.54) is 0 Å². The van der Waals surface area contributed by atoms with Crippen molar-refractivity contribution in [3.63, 3.8) is 0 Å². The highest BCUT2D eigenvalue weighted by molar-refractivity contribution is 5.73. The Hall–Kier alpha value is -2.69. The first-order valence-corrected chi connectivity index (χ1v) is 6.67. The van der Waals surface area contributed by atoms with Crippen LogP contribution < -0.4 is 21.1 Å². The standard InChI is InChI=1S/C16H19N3O2/c1-21-15-8-7-13(9-14(15)17)11-19-16(20)18-10-12-5-3-2-4-6-12/h2-9H,10-11,17H2,1H3,(H2,18,19,20). The van der Waals surface area contributed by atoms with Crippen molar-refractivity contribution in [3.8, 4) is 5.75 Å². The lowest BCUT2D eigenvalue weighted by atomic mass is 10.2. The number of amides is 2. The highest BCUT2D eigenvalue weighted by Gasteiger charge is 2.03. The number of ether oxygens (including phenoxy) is 1. The number of nitrogens with two attached hydrogens (primary N) is 1. The molecule has 5 heteroatoms. The molecule has 0 atom stereocenters. The molecule has 0 unspecified atom stereocenters. The Morgan fingerprint density at radius 2 is 1.71 bits per heavy atom. The monoisotopic (exact) mass is 285 g/mol. The van der Waals surface area contributed by atoms with E-state index in [1.54, 1.807) is 19.2 Å². The van der Waals surface area contributed by atoms with E-state index in [0.29, 0.717) is 24.5 Å². The van der Waals surface area contributed by atoms with E-state index in [2.05, 4.69) is 10.6 Å². The zero-order chi connectivity index (χ0) is 15.1. The van der Waals surface area contributed by atoms with Crippen LogP contribution in [-0.4, -0.2) is 13.1 Å². The number of rotatable bonds is 5. The molecule has 2 aromatic rings. The molecule has 2 amide bonds. The highest BCUT2D eigenvalue weighted by atomic mass is 16.5. The molecule has 0 aliphatic heterocycles. The number of nitrogens with one attached hydrogen (secondary N) is 2. The molecule has 5 nitrogen and oxygen atoms in total. The molecule has 2 aromatic carbocycles. The minimum absolute atomic E-state index is 0.215.